The summed E-state index contributed by atoms with van der Waals surface area (Å²) in [7, 11) is 0. The van der Waals surface area contributed by atoms with Gasteiger partial charge in [-0.2, -0.15) is 0 Å². The molecule has 2 N–H and O–H groups in total. The Labute approximate surface area is 164 Å². The van der Waals surface area contributed by atoms with E-state index in [0.717, 1.165) is 0 Å². The number of para-hydroxylation sites is 2. The number of rotatable bonds is 5. The Hall–Kier alpha value is -3.16. The van der Waals surface area contributed by atoms with E-state index in [9.17, 15) is 14.9 Å². The molecule has 0 radical (unpaired) electrons. The largest absolute Gasteiger partial charge is 0.333 e. The van der Waals surface area contributed by atoms with Crippen molar-refractivity contribution in [3.8, 4) is 0 Å². The molecule has 27 heavy (non-hydrogen) atoms. The van der Waals surface area contributed by atoms with Crippen LogP contribution in [0.1, 0.15) is 10.4 Å². The van der Waals surface area contributed by atoms with E-state index >= 15 is 0 Å². The molecule has 0 spiro atoms. The topological polar surface area (TPSA) is 97.2 Å². The van der Waals surface area contributed by atoms with E-state index in [2.05, 4.69) is 15.6 Å². The molecule has 2 aromatic carbocycles. The lowest BCUT2D eigenvalue weighted by atomic mass is 10.2. The predicted octanol–water partition coefficient (Wildman–Crippen LogP) is 5.29. The number of aromatic nitrogens is 1. The lowest BCUT2D eigenvalue weighted by molar-refractivity contribution is -0.384. The molecule has 0 aliphatic carbocycles. The fourth-order valence-corrected chi connectivity index (χ4v) is 2.87. The summed E-state index contributed by atoms with van der Waals surface area (Å²) in [4.78, 5) is 27.1. The molecule has 9 heteroatoms. The second-order valence-electron chi connectivity index (χ2n) is 5.41. The molecule has 0 bridgehead atoms. The Kier molecular flexibility index (Phi) is 5.54. The number of amides is 1. The molecule has 1 amide bonds. The molecule has 0 saturated carbocycles. The maximum atomic E-state index is 12.5. The number of carbonyl (C=O) groups is 1. The lowest BCUT2D eigenvalue weighted by Gasteiger charge is -2.13. The van der Waals surface area contributed by atoms with Crippen molar-refractivity contribution >= 4 is 52.0 Å². The predicted molar refractivity (Wildman–Crippen MR) is 105 cm³/mol. The molecule has 1 heterocycles. The molecule has 0 saturated heterocycles. The van der Waals surface area contributed by atoms with Crippen LogP contribution >= 0.6 is 23.2 Å². The number of benzene rings is 2. The minimum atomic E-state index is -0.537. The number of carbonyl (C=O) groups excluding carboxylic acids is 1. The monoisotopic (exact) mass is 402 g/mol. The van der Waals surface area contributed by atoms with Crippen LogP contribution in [0.3, 0.4) is 0 Å². The van der Waals surface area contributed by atoms with Crippen LogP contribution < -0.4 is 10.6 Å². The van der Waals surface area contributed by atoms with Gasteiger partial charge < -0.3 is 10.6 Å². The van der Waals surface area contributed by atoms with E-state index in [1.165, 1.54) is 36.5 Å². The van der Waals surface area contributed by atoms with Crippen molar-refractivity contribution in [1.82, 2.24) is 4.98 Å². The summed E-state index contributed by atoms with van der Waals surface area (Å²) in [5.41, 5.74) is 0.964. The van der Waals surface area contributed by atoms with Gasteiger partial charge in [0.2, 0.25) is 5.82 Å². The van der Waals surface area contributed by atoms with Crippen LogP contribution in [0.15, 0.2) is 60.8 Å². The van der Waals surface area contributed by atoms with Gasteiger partial charge in [-0.05, 0) is 36.4 Å². The van der Waals surface area contributed by atoms with Crippen LogP contribution in [-0.4, -0.2) is 15.8 Å². The zero-order chi connectivity index (χ0) is 19.4. The number of nitrogens with zero attached hydrogens (tertiary/aromatic N) is 2. The average Bonchev–Trinajstić information content (AvgIpc) is 2.62. The first-order valence-corrected chi connectivity index (χ1v) is 8.42. The Bertz CT molecular complexity index is 1010. The van der Waals surface area contributed by atoms with Gasteiger partial charge in [0, 0.05) is 27.9 Å². The molecule has 3 aromatic rings. The quantitative estimate of drug-likeness (QED) is 0.446. The first kappa shape index (κ1) is 18.6. The van der Waals surface area contributed by atoms with Crippen LogP contribution in [0.5, 0.6) is 0 Å². The zero-order valence-electron chi connectivity index (χ0n) is 13.6. The number of hydrogen-bond acceptors (Lipinski definition) is 5. The van der Waals surface area contributed by atoms with Crippen LogP contribution in [0, 0.1) is 10.1 Å². The molecule has 0 unspecified atom stereocenters. The number of nitro groups is 1. The minimum Gasteiger partial charge on any atom is -0.333 e. The number of nitrogens with one attached hydrogen (secondary N) is 2. The van der Waals surface area contributed by atoms with Gasteiger partial charge in [0.1, 0.15) is 0 Å². The number of pyridine rings is 1. The highest BCUT2D eigenvalue weighted by molar-refractivity contribution is 6.35. The Morgan fingerprint density at radius 1 is 1.00 bits per heavy atom. The summed E-state index contributed by atoms with van der Waals surface area (Å²) in [6, 6.07) is 14.1. The van der Waals surface area contributed by atoms with E-state index in [4.69, 9.17) is 23.2 Å². The van der Waals surface area contributed by atoms with Gasteiger partial charge in [0.15, 0.2) is 0 Å². The van der Waals surface area contributed by atoms with E-state index in [1.807, 2.05) is 0 Å². The van der Waals surface area contributed by atoms with Crippen molar-refractivity contribution in [2.24, 2.45) is 0 Å². The van der Waals surface area contributed by atoms with E-state index < -0.39 is 10.8 Å². The Morgan fingerprint density at radius 3 is 2.33 bits per heavy atom. The van der Waals surface area contributed by atoms with Crippen LogP contribution in [0.25, 0.3) is 0 Å². The van der Waals surface area contributed by atoms with Crippen LogP contribution in [0.4, 0.5) is 22.9 Å². The van der Waals surface area contributed by atoms with Gasteiger partial charge in [0.05, 0.1) is 16.3 Å². The maximum Gasteiger partial charge on any atom is 0.311 e. The first-order valence-electron chi connectivity index (χ1n) is 7.67. The molecule has 7 nitrogen and oxygen atoms in total. The second-order valence-corrected chi connectivity index (χ2v) is 6.28. The molecule has 0 atom stereocenters. The average molecular weight is 403 g/mol. The molecule has 1 aromatic heterocycles. The summed E-state index contributed by atoms with van der Waals surface area (Å²) in [5.74, 6) is -0.362. The Balaban J connectivity index is 1.89. The number of halogens is 2. The van der Waals surface area contributed by atoms with Crippen molar-refractivity contribution in [3.63, 3.8) is 0 Å². The van der Waals surface area contributed by atoms with Crippen LogP contribution in [-0.2, 0) is 0 Å². The summed E-state index contributed by atoms with van der Waals surface area (Å²) >= 11 is 11.9. The molecular weight excluding hydrogens is 391 g/mol. The summed E-state index contributed by atoms with van der Waals surface area (Å²) < 4.78 is 0. The van der Waals surface area contributed by atoms with Gasteiger partial charge in [-0.25, -0.2) is 4.98 Å². The smallest absolute Gasteiger partial charge is 0.311 e. The number of anilines is 3. The van der Waals surface area contributed by atoms with Gasteiger partial charge in [0.25, 0.3) is 5.91 Å². The maximum absolute atomic E-state index is 12.5. The summed E-state index contributed by atoms with van der Waals surface area (Å²) in [5, 5.41) is 17.4. The minimum absolute atomic E-state index is 0.0648. The fraction of sp³-hybridized carbons (Fsp3) is 0. The van der Waals surface area contributed by atoms with E-state index in [1.54, 1.807) is 24.3 Å². The Morgan fingerprint density at radius 2 is 1.67 bits per heavy atom. The van der Waals surface area contributed by atoms with Gasteiger partial charge >= 0.3 is 5.69 Å². The van der Waals surface area contributed by atoms with Crippen molar-refractivity contribution in [3.05, 3.63) is 86.5 Å². The number of hydrogen-bond donors (Lipinski definition) is 2. The van der Waals surface area contributed by atoms with Crippen molar-refractivity contribution in [2.75, 3.05) is 10.6 Å². The molecule has 136 valence electrons. The summed E-state index contributed by atoms with van der Waals surface area (Å²) in [6.07, 6.45) is 1.44. The highest BCUT2D eigenvalue weighted by Gasteiger charge is 2.16. The fourth-order valence-electron chi connectivity index (χ4n) is 2.35. The van der Waals surface area contributed by atoms with Gasteiger partial charge in [-0.15, -0.1) is 0 Å². The normalized spacial score (nSPS) is 10.3. The van der Waals surface area contributed by atoms with E-state index in [-0.39, 0.29) is 17.1 Å². The standard InChI is InChI=1S/C18H12Cl2N4O3/c19-12-8-11(9-13(20)10-12)18(25)23-15-5-2-1-4-14(15)22-17-16(24(26)27)6-3-7-21-17/h1-10H,(H,21,22)(H,23,25). The van der Waals surface area contributed by atoms with E-state index in [0.29, 0.717) is 21.4 Å². The molecule has 3 rings (SSSR count). The van der Waals surface area contributed by atoms with Crippen LogP contribution in [0.2, 0.25) is 10.0 Å². The highest BCUT2D eigenvalue weighted by Crippen LogP contribution is 2.29. The van der Waals surface area contributed by atoms with Crippen molar-refractivity contribution < 1.29 is 9.72 Å². The second kappa shape index (κ2) is 8.03. The first-order chi connectivity index (χ1) is 12.9. The lowest BCUT2D eigenvalue weighted by Crippen LogP contribution is -2.13. The SMILES string of the molecule is O=C(Nc1ccccc1Nc1ncccc1[N+](=O)[O-])c1cc(Cl)cc(Cl)c1. The molecule has 0 aliphatic rings. The molecule has 0 aliphatic heterocycles. The summed E-state index contributed by atoms with van der Waals surface area (Å²) in [6.45, 7) is 0. The zero-order valence-corrected chi connectivity index (χ0v) is 15.2. The van der Waals surface area contributed by atoms with Crippen molar-refractivity contribution in [1.29, 1.82) is 0 Å². The van der Waals surface area contributed by atoms with Gasteiger partial charge in [-0.1, -0.05) is 35.3 Å². The van der Waals surface area contributed by atoms with Gasteiger partial charge in [-0.3, -0.25) is 14.9 Å². The third-order valence-electron chi connectivity index (χ3n) is 3.54. The molecule has 0 fully saturated rings. The van der Waals surface area contributed by atoms with Crippen molar-refractivity contribution in [2.45, 2.75) is 0 Å². The molecular formula is C18H12Cl2N4O3. The highest BCUT2D eigenvalue weighted by atomic mass is 35.5. The third kappa shape index (κ3) is 4.52. The third-order valence-corrected chi connectivity index (χ3v) is 3.97.